The van der Waals surface area contributed by atoms with Crippen LogP contribution in [0.5, 0.6) is 11.5 Å². The van der Waals surface area contributed by atoms with Crippen LogP contribution in [0.4, 0.5) is 5.69 Å². The molecule has 11 heteroatoms. The highest BCUT2D eigenvalue weighted by Crippen LogP contribution is 2.25. The van der Waals surface area contributed by atoms with Crippen LogP contribution in [0.15, 0.2) is 82.8 Å². The number of hydrogen-bond donors (Lipinski definition) is 2. The molecular weight excluding hydrogens is 556 g/mol. The van der Waals surface area contributed by atoms with Gasteiger partial charge in [0.05, 0.1) is 23.9 Å². The van der Waals surface area contributed by atoms with Gasteiger partial charge in [0, 0.05) is 6.04 Å². The zero-order valence-corrected chi connectivity index (χ0v) is 24.6. The third-order valence-corrected chi connectivity index (χ3v) is 8.67. The van der Waals surface area contributed by atoms with Crippen molar-refractivity contribution in [3.63, 3.8) is 0 Å². The van der Waals surface area contributed by atoms with Gasteiger partial charge < -0.3 is 14.8 Å². The quantitative estimate of drug-likeness (QED) is 0.240. The molecular formula is C31H36N4O6S. The number of anilines is 1. The van der Waals surface area contributed by atoms with E-state index in [2.05, 4.69) is 15.8 Å². The Bertz CT molecular complexity index is 1470. The zero-order chi connectivity index (χ0) is 30.0. The Labute approximate surface area is 246 Å². The number of sulfonamides is 1. The molecule has 0 heterocycles. The number of methoxy groups -OCH3 is 1. The summed E-state index contributed by atoms with van der Waals surface area (Å²) in [6.07, 6.45) is 6.97. The number of amides is 2. The van der Waals surface area contributed by atoms with E-state index in [-0.39, 0.29) is 23.5 Å². The van der Waals surface area contributed by atoms with Crippen LogP contribution in [0.2, 0.25) is 0 Å². The van der Waals surface area contributed by atoms with E-state index in [1.807, 2.05) is 6.92 Å². The highest BCUT2D eigenvalue weighted by Gasteiger charge is 2.27. The summed E-state index contributed by atoms with van der Waals surface area (Å²) in [5.74, 6) is 0.298. The third-order valence-electron chi connectivity index (χ3n) is 6.88. The minimum atomic E-state index is -4.07. The molecule has 3 aromatic rings. The van der Waals surface area contributed by atoms with Gasteiger partial charge in [-0.1, -0.05) is 37.0 Å². The first-order valence-corrected chi connectivity index (χ1v) is 15.3. The van der Waals surface area contributed by atoms with Crippen LogP contribution >= 0.6 is 0 Å². The molecule has 2 amide bonds. The lowest BCUT2D eigenvalue weighted by molar-refractivity contribution is -0.124. The van der Waals surface area contributed by atoms with Crippen LogP contribution in [-0.2, 0) is 19.6 Å². The summed E-state index contributed by atoms with van der Waals surface area (Å²) in [4.78, 5) is 25.0. The Morgan fingerprint density at radius 3 is 2.19 bits per heavy atom. The molecule has 0 aromatic heterocycles. The molecule has 42 heavy (non-hydrogen) atoms. The predicted molar refractivity (Wildman–Crippen MR) is 161 cm³/mol. The Morgan fingerprint density at radius 2 is 1.55 bits per heavy atom. The maximum Gasteiger partial charge on any atom is 0.264 e. The smallest absolute Gasteiger partial charge is 0.264 e. The van der Waals surface area contributed by atoms with Crippen LogP contribution in [0, 0.1) is 6.92 Å². The van der Waals surface area contributed by atoms with Crippen molar-refractivity contribution in [3.05, 3.63) is 83.9 Å². The minimum Gasteiger partial charge on any atom is -0.497 e. The first kappa shape index (κ1) is 30.6. The van der Waals surface area contributed by atoms with Crippen molar-refractivity contribution < 1.29 is 27.5 Å². The molecule has 10 nitrogen and oxygen atoms in total. The number of carbonyl (C=O) groups excluding carboxylic acids is 2. The van der Waals surface area contributed by atoms with Crippen LogP contribution in [0.1, 0.15) is 43.2 Å². The lowest BCUT2D eigenvalue weighted by atomic mass is 9.95. The van der Waals surface area contributed by atoms with E-state index in [0.29, 0.717) is 22.7 Å². The first-order valence-electron chi connectivity index (χ1n) is 13.8. The van der Waals surface area contributed by atoms with Gasteiger partial charge in [-0.3, -0.25) is 13.9 Å². The molecule has 0 unspecified atom stereocenters. The molecule has 0 saturated heterocycles. The predicted octanol–water partition coefficient (Wildman–Crippen LogP) is 4.18. The Morgan fingerprint density at radius 1 is 0.905 bits per heavy atom. The van der Waals surface area contributed by atoms with Gasteiger partial charge in [-0.25, -0.2) is 13.8 Å². The van der Waals surface area contributed by atoms with E-state index in [1.54, 1.807) is 60.7 Å². The maximum atomic E-state index is 13.5. The van der Waals surface area contributed by atoms with Crippen molar-refractivity contribution in [1.82, 2.24) is 10.7 Å². The van der Waals surface area contributed by atoms with Crippen LogP contribution < -0.4 is 24.5 Å². The molecule has 1 aliphatic carbocycles. The van der Waals surface area contributed by atoms with E-state index >= 15 is 0 Å². The van der Waals surface area contributed by atoms with Crippen LogP contribution in [0.25, 0.3) is 0 Å². The fraction of sp³-hybridized carbons (Fsp3) is 0.323. The van der Waals surface area contributed by atoms with Crippen molar-refractivity contribution in [3.8, 4) is 11.5 Å². The van der Waals surface area contributed by atoms with Gasteiger partial charge in [-0.15, -0.1) is 0 Å². The molecule has 2 N–H and O–H groups in total. The second-order valence-corrected chi connectivity index (χ2v) is 11.9. The van der Waals surface area contributed by atoms with Crippen LogP contribution in [0.3, 0.4) is 0 Å². The molecule has 3 aromatic carbocycles. The van der Waals surface area contributed by atoms with E-state index in [0.717, 1.165) is 35.6 Å². The van der Waals surface area contributed by atoms with E-state index < -0.39 is 22.5 Å². The van der Waals surface area contributed by atoms with E-state index in [1.165, 1.54) is 31.9 Å². The Hall–Kier alpha value is -4.38. The van der Waals surface area contributed by atoms with E-state index in [9.17, 15) is 18.0 Å². The maximum absolute atomic E-state index is 13.5. The number of nitrogens with zero attached hydrogens (tertiary/aromatic N) is 2. The van der Waals surface area contributed by atoms with Gasteiger partial charge in [-0.05, 0) is 86.0 Å². The summed E-state index contributed by atoms with van der Waals surface area (Å²) in [6, 6.07) is 19.9. The average Bonchev–Trinajstić information content (AvgIpc) is 3.00. The molecule has 1 saturated carbocycles. The summed E-state index contributed by atoms with van der Waals surface area (Å²) in [5, 5.41) is 7.00. The zero-order valence-electron chi connectivity index (χ0n) is 23.8. The Balaban J connectivity index is 1.34. The molecule has 4 rings (SSSR count). The largest absolute Gasteiger partial charge is 0.497 e. The van der Waals surface area contributed by atoms with Gasteiger partial charge in [0.25, 0.3) is 21.8 Å². The summed E-state index contributed by atoms with van der Waals surface area (Å²) >= 11 is 0. The second-order valence-electron chi connectivity index (χ2n) is 10.1. The van der Waals surface area contributed by atoms with Gasteiger partial charge in [0.1, 0.15) is 18.0 Å². The van der Waals surface area contributed by atoms with Crippen molar-refractivity contribution >= 4 is 33.7 Å². The minimum absolute atomic E-state index is 0.0222. The second kappa shape index (κ2) is 14.5. The summed E-state index contributed by atoms with van der Waals surface area (Å²) < 4.78 is 38.8. The highest BCUT2D eigenvalue weighted by molar-refractivity contribution is 7.92. The SMILES string of the molecule is COc1ccc(S(=O)(=O)N(CC(=O)N/N=C/c2ccc(OCC(=O)NC3CCCCC3)cc2)c2ccc(C)cc2)cc1. The molecule has 0 radical (unpaired) electrons. The van der Waals surface area contributed by atoms with Gasteiger partial charge >= 0.3 is 0 Å². The van der Waals surface area contributed by atoms with Crippen molar-refractivity contribution in [2.75, 3.05) is 24.6 Å². The molecule has 1 fully saturated rings. The summed E-state index contributed by atoms with van der Waals surface area (Å²) in [5.41, 5.74) is 4.37. The van der Waals surface area contributed by atoms with Gasteiger partial charge in [0.15, 0.2) is 6.61 Å². The molecule has 0 bridgehead atoms. The fourth-order valence-electron chi connectivity index (χ4n) is 4.56. The normalized spacial score (nSPS) is 13.9. The van der Waals surface area contributed by atoms with Gasteiger partial charge in [-0.2, -0.15) is 5.10 Å². The van der Waals surface area contributed by atoms with Gasteiger partial charge in [0.2, 0.25) is 0 Å². The first-order chi connectivity index (χ1) is 20.2. The molecule has 1 aliphatic rings. The number of carbonyl (C=O) groups is 2. The third kappa shape index (κ3) is 8.56. The number of benzene rings is 3. The number of aryl methyl sites for hydroxylation is 1. The number of hydrazone groups is 1. The van der Waals surface area contributed by atoms with Crippen LogP contribution in [-0.4, -0.2) is 52.8 Å². The summed E-state index contributed by atoms with van der Waals surface area (Å²) in [7, 11) is -2.57. The number of nitrogens with one attached hydrogen (secondary N) is 2. The number of hydrogen-bond acceptors (Lipinski definition) is 7. The molecule has 222 valence electrons. The van der Waals surface area contributed by atoms with E-state index in [4.69, 9.17) is 9.47 Å². The highest BCUT2D eigenvalue weighted by atomic mass is 32.2. The molecule has 0 spiro atoms. The Kier molecular flexibility index (Phi) is 10.6. The fourth-order valence-corrected chi connectivity index (χ4v) is 5.98. The number of ether oxygens (including phenoxy) is 2. The number of rotatable bonds is 12. The molecule has 0 aliphatic heterocycles. The average molecular weight is 593 g/mol. The standard InChI is InChI=1S/C31H36N4O6S/c1-23-8-12-26(13-9-23)35(42(38,39)29-18-16-27(40-2)17-19-29)21-30(36)34-32-20-24-10-14-28(15-11-24)41-22-31(37)33-25-6-4-3-5-7-25/h8-20,25H,3-7,21-22H2,1-2H3,(H,33,37)(H,34,36)/b32-20+. The molecule has 0 atom stereocenters. The summed E-state index contributed by atoms with van der Waals surface area (Å²) in [6.45, 7) is 1.35. The van der Waals surface area contributed by atoms with Crippen molar-refractivity contribution in [2.45, 2.75) is 50.0 Å². The topological polar surface area (TPSA) is 126 Å². The van der Waals surface area contributed by atoms with Crippen molar-refractivity contribution in [1.29, 1.82) is 0 Å². The lowest BCUT2D eigenvalue weighted by Gasteiger charge is -2.24. The monoisotopic (exact) mass is 592 g/mol. The lowest BCUT2D eigenvalue weighted by Crippen LogP contribution is -2.39. The van der Waals surface area contributed by atoms with Crippen molar-refractivity contribution in [2.24, 2.45) is 5.10 Å².